The molecule has 4 rings (SSSR count). The van der Waals surface area contributed by atoms with Crippen LogP contribution in [0, 0.1) is 5.92 Å². The van der Waals surface area contributed by atoms with Crippen molar-refractivity contribution >= 4 is 39.5 Å². The Bertz CT molecular complexity index is 1090. The number of primary amides is 1. The molecule has 2 heterocycles. The summed E-state index contributed by atoms with van der Waals surface area (Å²) in [5.74, 6) is -1.56. The summed E-state index contributed by atoms with van der Waals surface area (Å²) in [6.07, 6.45) is 2.96. The molecule has 0 unspecified atom stereocenters. The average molecular weight is 394 g/mol. The second kappa shape index (κ2) is 7.95. The quantitative estimate of drug-likeness (QED) is 0.670. The van der Waals surface area contributed by atoms with E-state index in [0.717, 1.165) is 21.7 Å². The number of benzene rings is 2. The first kappa shape index (κ1) is 19.0. The molecule has 1 atom stereocenters. The summed E-state index contributed by atoms with van der Waals surface area (Å²) < 4.78 is 10.8. The molecule has 7 heteroatoms. The first-order valence-electron chi connectivity index (χ1n) is 9.63. The van der Waals surface area contributed by atoms with Gasteiger partial charge in [0.25, 0.3) is 5.91 Å². The third-order valence-electron chi connectivity index (χ3n) is 5.41. The van der Waals surface area contributed by atoms with Crippen molar-refractivity contribution in [3.63, 3.8) is 0 Å². The van der Waals surface area contributed by atoms with Gasteiger partial charge in [0.05, 0.1) is 18.6 Å². The van der Waals surface area contributed by atoms with Gasteiger partial charge in [0.1, 0.15) is 5.58 Å². The Morgan fingerprint density at radius 1 is 1.17 bits per heavy atom. The highest BCUT2D eigenvalue weighted by atomic mass is 16.5. The molecule has 2 amide bonds. The monoisotopic (exact) mass is 394 g/mol. The molecule has 29 heavy (non-hydrogen) atoms. The zero-order valence-corrected chi connectivity index (χ0v) is 15.9. The van der Waals surface area contributed by atoms with Crippen molar-refractivity contribution in [1.29, 1.82) is 0 Å². The fourth-order valence-corrected chi connectivity index (χ4v) is 3.88. The van der Waals surface area contributed by atoms with Gasteiger partial charge in [-0.05, 0) is 29.7 Å². The molecule has 0 radical (unpaired) electrons. The lowest BCUT2D eigenvalue weighted by molar-refractivity contribution is -0.152. The Labute approximate surface area is 167 Å². The van der Waals surface area contributed by atoms with Crippen LogP contribution >= 0.6 is 0 Å². The van der Waals surface area contributed by atoms with Gasteiger partial charge < -0.3 is 19.8 Å². The summed E-state index contributed by atoms with van der Waals surface area (Å²) in [6, 6.07) is 11.7. The van der Waals surface area contributed by atoms with Crippen molar-refractivity contribution in [3.8, 4) is 0 Å². The Kier molecular flexibility index (Phi) is 5.20. The SMILES string of the molecule is NC(=O)[C@H]1CCCN(C(=O)COC(=O)Cc2coc3ccc4ccccc4c23)C1. The van der Waals surface area contributed by atoms with Crippen LogP contribution in [0.2, 0.25) is 0 Å². The fraction of sp³-hybridized carbons (Fsp3) is 0.318. The van der Waals surface area contributed by atoms with E-state index in [4.69, 9.17) is 14.9 Å². The van der Waals surface area contributed by atoms with Crippen molar-refractivity contribution in [2.24, 2.45) is 11.7 Å². The Morgan fingerprint density at radius 3 is 2.83 bits per heavy atom. The van der Waals surface area contributed by atoms with Crippen LogP contribution in [0.5, 0.6) is 0 Å². The number of rotatable bonds is 5. The van der Waals surface area contributed by atoms with E-state index < -0.39 is 11.9 Å². The molecule has 0 bridgehead atoms. The van der Waals surface area contributed by atoms with Crippen LogP contribution in [0.4, 0.5) is 0 Å². The molecule has 150 valence electrons. The lowest BCUT2D eigenvalue weighted by Gasteiger charge is -2.31. The number of piperidine rings is 1. The number of esters is 1. The highest BCUT2D eigenvalue weighted by Crippen LogP contribution is 2.30. The summed E-state index contributed by atoms with van der Waals surface area (Å²) in [7, 11) is 0. The minimum Gasteiger partial charge on any atom is -0.464 e. The number of hydrogen-bond donors (Lipinski definition) is 1. The Hall–Kier alpha value is -3.35. The number of carbonyl (C=O) groups is 3. The highest BCUT2D eigenvalue weighted by molar-refractivity contribution is 6.08. The summed E-state index contributed by atoms with van der Waals surface area (Å²) >= 11 is 0. The van der Waals surface area contributed by atoms with Crippen molar-refractivity contribution in [2.75, 3.05) is 19.7 Å². The average Bonchev–Trinajstić information content (AvgIpc) is 3.15. The maximum Gasteiger partial charge on any atom is 0.310 e. The van der Waals surface area contributed by atoms with Crippen molar-refractivity contribution < 1.29 is 23.5 Å². The second-order valence-electron chi connectivity index (χ2n) is 7.34. The van der Waals surface area contributed by atoms with E-state index >= 15 is 0 Å². The van der Waals surface area contributed by atoms with E-state index in [9.17, 15) is 14.4 Å². The molecule has 2 aromatic carbocycles. The number of amides is 2. The number of ether oxygens (including phenoxy) is 1. The van der Waals surface area contributed by atoms with Gasteiger partial charge in [-0.25, -0.2) is 0 Å². The first-order valence-corrected chi connectivity index (χ1v) is 9.63. The number of furan rings is 1. The number of carbonyl (C=O) groups excluding carboxylic acids is 3. The summed E-state index contributed by atoms with van der Waals surface area (Å²) in [5, 5.41) is 2.94. The minimum absolute atomic E-state index is 0.0121. The lowest BCUT2D eigenvalue weighted by atomic mass is 9.97. The molecule has 2 N–H and O–H groups in total. The smallest absolute Gasteiger partial charge is 0.310 e. The standard InChI is InChI=1S/C22H22N2O5/c23-22(27)15-5-3-9-24(11-15)19(25)13-29-20(26)10-16-12-28-18-8-7-14-4-1-2-6-17(14)21(16)18/h1-2,4,6-8,12,15H,3,5,9-11,13H2,(H2,23,27)/t15-/m0/s1. The highest BCUT2D eigenvalue weighted by Gasteiger charge is 2.27. The minimum atomic E-state index is -0.502. The van der Waals surface area contributed by atoms with Crippen molar-refractivity contribution in [2.45, 2.75) is 19.3 Å². The van der Waals surface area contributed by atoms with Crippen LogP contribution in [0.1, 0.15) is 18.4 Å². The van der Waals surface area contributed by atoms with Crippen LogP contribution < -0.4 is 5.73 Å². The van der Waals surface area contributed by atoms with Gasteiger partial charge in [-0.1, -0.05) is 30.3 Å². The largest absolute Gasteiger partial charge is 0.464 e. The zero-order chi connectivity index (χ0) is 20.4. The molecule has 3 aromatic rings. The van der Waals surface area contributed by atoms with E-state index in [-0.39, 0.29) is 31.4 Å². The molecule has 1 aromatic heterocycles. The van der Waals surface area contributed by atoms with Crippen LogP contribution in [-0.2, 0) is 25.5 Å². The predicted molar refractivity (Wildman–Crippen MR) is 107 cm³/mol. The van der Waals surface area contributed by atoms with Crippen LogP contribution in [0.3, 0.4) is 0 Å². The van der Waals surface area contributed by atoms with Gasteiger partial charge in [-0.15, -0.1) is 0 Å². The molecule has 0 saturated carbocycles. The first-order chi connectivity index (χ1) is 14.0. The maximum absolute atomic E-state index is 12.3. The molecule has 0 spiro atoms. The van der Waals surface area contributed by atoms with Gasteiger partial charge in [-0.3, -0.25) is 14.4 Å². The third kappa shape index (κ3) is 3.94. The van der Waals surface area contributed by atoms with Crippen LogP contribution in [0.25, 0.3) is 21.7 Å². The van der Waals surface area contributed by atoms with E-state index in [0.29, 0.717) is 25.0 Å². The van der Waals surface area contributed by atoms with E-state index in [2.05, 4.69) is 0 Å². The van der Waals surface area contributed by atoms with E-state index in [1.807, 2.05) is 36.4 Å². The molecular weight excluding hydrogens is 372 g/mol. The molecular formula is C22H22N2O5. The third-order valence-corrected chi connectivity index (χ3v) is 5.41. The number of likely N-dealkylation sites (tertiary alicyclic amines) is 1. The van der Waals surface area contributed by atoms with Gasteiger partial charge in [-0.2, -0.15) is 0 Å². The molecule has 1 fully saturated rings. The molecule has 0 aliphatic carbocycles. The van der Waals surface area contributed by atoms with Crippen molar-refractivity contribution in [3.05, 3.63) is 48.2 Å². The molecule has 1 aliphatic rings. The van der Waals surface area contributed by atoms with Gasteiger partial charge in [0.15, 0.2) is 6.61 Å². The number of fused-ring (bicyclic) bond motifs is 3. The van der Waals surface area contributed by atoms with Crippen molar-refractivity contribution in [1.82, 2.24) is 4.90 Å². The van der Waals surface area contributed by atoms with Crippen LogP contribution in [0.15, 0.2) is 47.1 Å². The number of nitrogens with zero attached hydrogens (tertiary/aromatic N) is 1. The Morgan fingerprint density at radius 2 is 2.00 bits per heavy atom. The van der Waals surface area contributed by atoms with E-state index in [1.54, 1.807) is 6.26 Å². The summed E-state index contributed by atoms with van der Waals surface area (Å²) in [5.41, 5.74) is 6.77. The maximum atomic E-state index is 12.3. The van der Waals surface area contributed by atoms with E-state index in [1.165, 1.54) is 4.90 Å². The topological polar surface area (TPSA) is 103 Å². The molecule has 7 nitrogen and oxygen atoms in total. The van der Waals surface area contributed by atoms with Crippen LogP contribution in [-0.4, -0.2) is 42.4 Å². The Balaban J connectivity index is 1.41. The molecule has 1 saturated heterocycles. The van der Waals surface area contributed by atoms with Gasteiger partial charge >= 0.3 is 5.97 Å². The normalized spacial score (nSPS) is 16.8. The summed E-state index contributed by atoms with van der Waals surface area (Å²) in [6.45, 7) is 0.476. The summed E-state index contributed by atoms with van der Waals surface area (Å²) in [4.78, 5) is 37.6. The lowest BCUT2D eigenvalue weighted by Crippen LogP contribution is -2.45. The fourth-order valence-electron chi connectivity index (χ4n) is 3.88. The van der Waals surface area contributed by atoms with Gasteiger partial charge in [0.2, 0.25) is 5.91 Å². The van der Waals surface area contributed by atoms with Gasteiger partial charge in [0, 0.05) is 24.0 Å². The second-order valence-corrected chi connectivity index (χ2v) is 7.34. The predicted octanol–water partition coefficient (Wildman–Crippen LogP) is 2.40. The number of hydrogen-bond acceptors (Lipinski definition) is 5. The molecule has 1 aliphatic heterocycles. The number of nitrogens with two attached hydrogens (primary N) is 1. The zero-order valence-electron chi connectivity index (χ0n) is 15.9.